The Balaban J connectivity index is 2.34. The fraction of sp³-hybridized carbons (Fsp3) is 0.235. The SMILES string of the molecule is CC1=CC(c2ccc(C)c(F)c2)=CCC=C1CC=O. The van der Waals surface area contributed by atoms with E-state index >= 15 is 0 Å². The van der Waals surface area contributed by atoms with E-state index in [4.69, 9.17) is 0 Å². The van der Waals surface area contributed by atoms with Crippen molar-refractivity contribution in [1.29, 1.82) is 0 Å². The minimum absolute atomic E-state index is 0.185. The van der Waals surface area contributed by atoms with Crippen LogP contribution in [0.2, 0.25) is 0 Å². The fourth-order valence-corrected chi connectivity index (χ4v) is 2.18. The summed E-state index contributed by atoms with van der Waals surface area (Å²) in [5.74, 6) is -0.185. The topological polar surface area (TPSA) is 17.1 Å². The molecular weight excluding hydrogens is 239 g/mol. The Kier molecular flexibility index (Phi) is 4.10. The van der Waals surface area contributed by atoms with Gasteiger partial charge in [0, 0.05) is 6.42 Å². The third kappa shape index (κ3) is 3.08. The van der Waals surface area contributed by atoms with Crippen LogP contribution in [-0.2, 0) is 4.79 Å². The molecular formula is C17H17FO. The zero-order chi connectivity index (χ0) is 13.8. The third-order valence-electron chi connectivity index (χ3n) is 3.39. The number of aryl methyl sites for hydroxylation is 1. The van der Waals surface area contributed by atoms with Crippen molar-refractivity contribution in [2.75, 3.05) is 0 Å². The normalized spacial score (nSPS) is 15.2. The largest absolute Gasteiger partial charge is 0.303 e. The highest BCUT2D eigenvalue weighted by atomic mass is 19.1. The molecule has 0 N–H and O–H groups in total. The molecule has 0 aromatic heterocycles. The van der Waals surface area contributed by atoms with E-state index in [-0.39, 0.29) is 5.82 Å². The van der Waals surface area contributed by atoms with Gasteiger partial charge in [0.05, 0.1) is 0 Å². The second-order valence-electron chi connectivity index (χ2n) is 4.79. The summed E-state index contributed by atoms with van der Waals surface area (Å²) in [6, 6.07) is 5.29. The molecule has 0 heterocycles. The van der Waals surface area contributed by atoms with Gasteiger partial charge >= 0.3 is 0 Å². The molecule has 0 bridgehead atoms. The first-order chi connectivity index (χ1) is 9.11. The van der Waals surface area contributed by atoms with Crippen molar-refractivity contribution in [2.45, 2.75) is 26.7 Å². The van der Waals surface area contributed by atoms with Crippen LogP contribution in [0.5, 0.6) is 0 Å². The van der Waals surface area contributed by atoms with Gasteiger partial charge in [0.15, 0.2) is 0 Å². The maximum Gasteiger partial charge on any atom is 0.126 e. The number of hydrogen-bond donors (Lipinski definition) is 0. The van der Waals surface area contributed by atoms with Gasteiger partial charge in [-0.1, -0.05) is 30.4 Å². The summed E-state index contributed by atoms with van der Waals surface area (Å²) < 4.78 is 13.6. The maximum atomic E-state index is 13.6. The minimum Gasteiger partial charge on any atom is -0.303 e. The quantitative estimate of drug-likeness (QED) is 0.733. The van der Waals surface area contributed by atoms with Crippen LogP contribution in [0.4, 0.5) is 4.39 Å². The number of benzene rings is 1. The highest BCUT2D eigenvalue weighted by molar-refractivity contribution is 5.77. The Morgan fingerprint density at radius 2 is 2.05 bits per heavy atom. The number of halogens is 1. The monoisotopic (exact) mass is 256 g/mol. The first-order valence-corrected chi connectivity index (χ1v) is 6.40. The number of hydrogen-bond acceptors (Lipinski definition) is 1. The Morgan fingerprint density at radius 1 is 1.26 bits per heavy atom. The Bertz CT molecular complexity index is 591. The molecule has 0 unspecified atom stereocenters. The van der Waals surface area contributed by atoms with Gasteiger partial charge in [0.1, 0.15) is 12.1 Å². The van der Waals surface area contributed by atoms with Crippen molar-refractivity contribution in [1.82, 2.24) is 0 Å². The third-order valence-corrected chi connectivity index (χ3v) is 3.39. The van der Waals surface area contributed by atoms with E-state index in [1.165, 1.54) is 0 Å². The zero-order valence-corrected chi connectivity index (χ0v) is 11.2. The van der Waals surface area contributed by atoms with Crippen LogP contribution in [0.25, 0.3) is 5.57 Å². The highest BCUT2D eigenvalue weighted by Crippen LogP contribution is 2.26. The standard InChI is InChI=1S/C17H17FO/c1-12-6-7-16(11-17(12)18)15-5-3-4-14(8-9-19)13(2)10-15/h4-7,9-11H,3,8H2,1-2H3. The summed E-state index contributed by atoms with van der Waals surface area (Å²) in [4.78, 5) is 10.6. The summed E-state index contributed by atoms with van der Waals surface area (Å²) in [6.07, 6.45) is 8.25. The van der Waals surface area contributed by atoms with E-state index in [1.54, 1.807) is 19.1 Å². The average Bonchev–Trinajstić information content (AvgIpc) is 2.56. The molecule has 1 aliphatic rings. The van der Waals surface area contributed by atoms with Gasteiger partial charge in [0.25, 0.3) is 0 Å². The van der Waals surface area contributed by atoms with E-state index in [1.807, 2.05) is 19.1 Å². The Morgan fingerprint density at radius 3 is 2.74 bits per heavy atom. The van der Waals surface area contributed by atoms with Gasteiger partial charge in [-0.05, 0) is 54.2 Å². The zero-order valence-electron chi connectivity index (χ0n) is 11.2. The second kappa shape index (κ2) is 5.79. The molecule has 2 heteroatoms. The van der Waals surface area contributed by atoms with E-state index in [0.717, 1.165) is 35.0 Å². The predicted octanol–water partition coefficient (Wildman–Crippen LogP) is 4.38. The molecule has 1 nitrogen and oxygen atoms in total. The smallest absolute Gasteiger partial charge is 0.126 e. The van der Waals surface area contributed by atoms with Crippen LogP contribution < -0.4 is 0 Å². The van der Waals surface area contributed by atoms with Crippen LogP contribution in [0.1, 0.15) is 30.9 Å². The molecule has 0 saturated carbocycles. The summed E-state index contributed by atoms with van der Waals surface area (Å²) >= 11 is 0. The first-order valence-electron chi connectivity index (χ1n) is 6.40. The first kappa shape index (κ1) is 13.5. The predicted molar refractivity (Wildman–Crippen MR) is 76.3 cm³/mol. The van der Waals surface area contributed by atoms with Crippen molar-refractivity contribution in [2.24, 2.45) is 0 Å². The second-order valence-corrected chi connectivity index (χ2v) is 4.79. The number of aldehydes is 1. The van der Waals surface area contributed by atoms with Crippen molar-refractivity contribution >= 4 is 11.9 Å². The van der Waals surface area contributed by atoms with Crippen molar-refractivity contribution < 1.29 is 9.18 Å². The lowest BCUT2D eigenvalue weighted by Gasteiger charge is -2.06. The molecule has 0 fully saturated rings. The van der Waals surface area contributed by atoms with E-state index in [2.05, 4.69) is 12.2 Å². The molecule has 98 valence electrons. The van der Waals surface area contributed by atoms with Crippen LogP contribution >= 0.6 is 0 Å². The van der Waals surface area contributed by atoms with E-state index in [9.17, 15) is 9.18 Å². The summed E-state index contributed by atoms with van der Waals surface area (Å²) in [6.45, 7) is 3.74. The highest BCUT2D eigenvalue weighted by Gasteiger charge is 2.08. The van der Waals surface area contributed by atoms with E-state index < -0.39 is 0 Å². The number of rotatable bonds is 3. The summed E-state index contributed by atoms with van der Waals surface area (Å²) in [7, 11) is 0. The summed E-state index contributed by atoms with van der Waals surface area (Å²) in [5.41, 5.74) is 4.65. The summed E-state index contributed by atoms with van der Waals surface area (Å²) in [5, 5.41) is 0. The number of carbonyl (C=O) groups excluding carboxylic acids is 1. The van der Waals surface area contributed by atoms with Crippen LogP contribution in [0.3, 0.4) is 0 Å². The van der Waals surface area contributed by atoms with Crippen LogP contribution in [0.15, 0.2) is 47.6 Å². The number of allylic oxidation sites excluding steroid dienone is 6. The molecule has 0 spiro atoms. The molecule has 0 amide bonds. The minimum atomic E-state index is -0.185. The maximum absolute atomic E-state index is 13.6. The molecule has 0 radical (unpaired) electrons. The van der Waals surface area contributed by atoms with Gasteiger partial charge < -0.3 is 4.79 Å². The average molecular weight is 256 g/mol. The number of carbonyl (C=O) groups is 1. The lowest BCUT2D eigenvalue weighted by molar-refractivity contribution is -0.107. The Labute approximate surface area is 113 Å². The fourth-order valence-electron chi connectivity index (χ4n) is 2.18. The molecule has 0 saturated heterocycles. The molecule has 0 aliphatic heterocycles. The Hall–Kier alpha value is -1.96. The molecule has 1 aliphatic carbocycles. The molecule has 1 aromatic carbocycles. The van der Waals surface area contributed by atoms with Crippen LogP contribution in [-0.4, -0.2) is 6.29 Å². The lowest BCUT2D eigenvalue weighted by atomic mass is 9.99. The van der Waals surface area contributed by atoms with Crippen molar-refractivity contribution in [3.63, 3.8) is 0 Å². The molecule has 19 heavy (non-hydrogen) atoms. The van der Waals surface area contributed by atoms with Gasteiger partial charge in [-0.3, -0.25) is 0 Å². The van der Waals surface area contributed by atoms with Crippen LogP contribution in [0, 0.1) is 12.7 Å². The van der Waals surface area contributed by atoms with Gasteiger partial charge in [0.2, 0.25) is 0 Å². The van der Waals surface area contributed by atoms with Gasteiger partial charge in [-0.2, -0.15) is 0 Å². The van der Waals surface area contributed by atoms with E-state index in [0.29, 0.717) is 12.0 Å². The van der Waals surface area contributed by atoms with Gasteiger partial charge in [-0.25, -0.2) is 4.39 Å². The van der Waals surface area contributed by atoms with Crippen molar-refractivity contribution in [3.05, 3.63) is 64.5 Å². The lowest BCUT2D eigenvalue weighted by Crippen LogP contribution is -1.89. The van der Waals surface area contributed by atoms with Gasteiger partial charge in [-0.15, -0.1) is 0 Å². The van der Waals surface area contributed by atoms with Crippen molar-refractivity contribution in [3.8, 4) is 0 Å². The molecule has 1 aromatic rings. The molecule has 0 atom stereocenters. The molecule has 2 rings (SSSR count).